The molecular formula is C15H16FNO2. The summed E-state index contributed by atoms with van der Waals surface area (Å²) >= 11 is 0. The van der Waals surface area contributed by atoms with Crippen molar-refractivity contribution in [2.75, 3.05) is 12.4 Å². The van der Waals surface area contributed by atoms with Crippen LogP contribution in [0.5, 0.6) is 11.5 Å². The van der Waals surface area contributed by atoms with Crippen molar-refractivity contribution >= 4 is 5.69 Å². The number of methoxy groups -OCH3 is 1. The largest absolute Gasteiger partial charge is 0.508 e. The quantitative estimate of drug-likeness (QED) is 0.824. The summed E-state index contributed by atoms with van der Waals surface area (Å²) in [6.45, 7) is 1.87. The standard InChI is InChI=1S/C15H16FNO2/c1-10(17-11-3-5-12(18)6-4-11)14-8-7-13(19-2)9-15(14)16/h3-10,17-18H,1-2H3. The normalized spacial score (nSPS) is 11.9. The second kappa shape index (κ2) is 5.61. The Hall–Kier alpha value is -2.23. The third kappa shape index (κ3) is 3.16. The zero-order valence-corrected chi connectivity index (χ0v) is 10.9. The molecule has 1 atom stereocenters. The van der Waals surface area contributed by atoms with E-state index < -0.39 is 0 Å². The van der Waals surface area contributed by atoms with E-state index in [0.29, 0.717) is 11.3 Å². The van der Waals surface area contributed by atoms with Crippen LogP contribution in [-0.2, 0) is 0 Å². The van der Waals surface area contributed by atoms with Crippen molar-refractivity contribution in [3.63, 3.8) is 0 Å². The number of aromatic hydroxyl groups is 1. The Bertz CT molecular complexity index is 555. The number of rotatable bonds is 4. The van der Waals surface area contributed by atoms with Gasteiger partial charge in [0, 0.05) is 17.3 Å². The van der Waals surface area contributed by atoms with Gasteiger partial charge in [0.25, 0.3) is 0 Å². The van der Waals surface area contributed by atoms with Crippen LogP contribution in [0.4, 0.5) is 10.1 Å². The van der Waals surface area contributed by atoms with Gasteiger partial charge >= 0.3 is 0 Å². The van der Waals surface area contributed by atoms with Crippen LogP contribution in [0, 0.1) is 5.82 Å². The van der Waals surface area contributed by atoms with Gasteiger partial charge in [-0.05, 0) is 37.3 Å². The topological polar surface area (TPSA) is 41.5 Å². The van der Waals surface area contributed by atoms with E-state index in [-0.39, 0.29) is 17.6 Å². The van der Waals surface area contributed by atoms with Crippen LogP contribution in [0.2, 0.25) is 0 Å². The maximum absolute atomic E-state index is 13.9. The molecule has 0 heterocycles. The molecule has 2 aromatic rings. The predicted molar refractivity (Wildman–Crippen MR) is 73.1 cm³/mol. The zero-order chi connectivity index (χ0) is 13.8. The van der Waals surface area contributed by atoms with E-state index in [4.69, 9.17) is 4.74 Å². The van der Waals surface area contributed by atoms with Crippen LogP contribution < -0.4 is 10.1 Å². The van der Waals surface area contributed by atoms with Gasteiger partial charge < -0.3 is 15.2 Å². The number of phenols is 1. The molecule has 0 amide bonds. The van der Waals surface area contributed by atoms with Crippen LogP contribution in [0.15, 0.2) is 42.5 Å². The molecule has 0 radical (unpaired) electrons. The fraction of sp³-hybridized carbons (Fsp3) is 0.200. The number of ether oxygens (including phenoxy) is 1. The number of halogens is 1. The molecule has 100 valence electrons. The minimum atomic E-state index is -0.307. The minimum Gasteiger partial charge on any atom is -0.508 e. The van der Waals surface area contributed by atoms with Gasteiger partial charge in [0.05, 0.1) is 13.2 Å². The third-order valence-electron chi connectivity index (χ3n) is 2.92. The lowest BCUT2D eigenvalue weighted by Gasteiger charge is -2.17. The second-order valence-corrected chi connectivity index (χ2v) is 4.30. The monoisotopic (exact) mass is 261 g/mol. The Balaban J connectivity index is 2.15. The van der Waals surface area contributed by atoms with Gasteiger partial charge in [0.2, 0.25) is 0 Å². The van der Waals surface area contributed by atoms with Crippen molar-refractivity contribution in [2.45, 2.75) is 13.0 Å². The first-order valence-electron chi connectivity index (χ1n) is 5.99. The SMILES string of the molecule is COc1ccc(C(C)Nc2ccc(O)cc2)c(F)c1. The van der Waals surface area contributed by atoms with Crippen molar-refractivity contribution in [3.8, 4) is 11.5 Å². The molecule has 0 spiro atoms. The van der Waals surface area contributed by atoms with Crippen LogP contribution >= 0.6 is 0 Å². The van der Waals surface area contributed by atoms with Crippen molar-refractivity contribution in [2.24, 2.45) is 0 Å². The molecule has 0 fully saturated rings. The summed E-state index contributed by atoms with van der Waals surface area (Å²) in [6, 6.07) is 11.3. The van der Waals surface area contributed by atoms with Gasteiger partial charge in [-0.1, -0.05) is 6.07 Å². The van der Waals surface area contributed by atoms with Crippen molar-refractivity contribution < 1.29 is 14.2 Å². The van der Waals surface area contributed by atoms with Crippen molar-refractivity contribution in [1.82, 2.24) is 0 Å². The highest BCUT2D eigenvalue weighted by Gasteiger charge is 2.11. The highest BCUT2D eigenvalue weighted by molar-refractivity contribution is 5.48. The molecule has 19 heavy (non-hydrogen) atoms. The number of hydrogen-bond donors (Lipinski definition) is 2. The fourth-order valence-corrected chi connectivity index (χ4v) is 1.87. The van der Waals surface area contributed by atoms with Gasteiger partial charge in [-0.15, -0.1) is 0 Å². The molecule has 0 aliphatic rings. The summed E-state index contributed by atoms with van der Waals surface area (Å²) in [4.78, 5) is 0. The van der Waals surface area contributed by atoms with Crippen LogP contribution in [0.25, 0.3) is 0 Å². The van der Waals surface area contributed by atoms with E-state index >= 15 is 0 Å². The molecule has 0 aliphatic heterocycles. The van der Waals surface area contributed by atoms with Crippen molar-refractivity contribution in [1.29, 1.82) is 0 Å². The molecule has 0 aromatic heterocycles. The first-order valence-corrected chi connectivity index (χ1v) is 5.99. The Morgan fingerprint density at radius 3 is 2.42 bits per heavy atom. The lowest BCUT2D eigenvalue weighted by atomic mass is 10.1. The lowest BCUT2D eigenvalue weighted by Crippen LogP contribution is -2.08. The molecule has 2 N–H and O–H groups in total. The van der Waals surface area contributed by atoms with Crippen LogP contribution in [0.3, 0.4) is 0 Å². The van der Waals surface area contributed by atoms with Crippen LogP contribution in [0.1, 0.15) is 18.5 Å². The summed E-state index contributed by atoms with van der Waals surface area (Å²) in [7, 11) is 1.51. The number of nitrogens with one attached hydrogen (secondary N) is 1. The molecule has 2 aromatic carbocycles. The maximum Gasteiger partial charge on any atom is 0.132 e. The average molecular weight is 261 g/mol. The second-order valence-electron chi connectivity index (χ2n) is 4.30. The molecule has 0 bridgehead atoms. The maximum atomic E-state index is 13.9. The van der Waals surface area contributed by atoms with E-state index in [1.54, 1.807) is 36.4 Å². The summed E-state index contributed by atoms with van der Waals surface area (Å²) < 4.78 is 18.9. The first kappa shape index (κ1) is 13.2. The van der Waals surface area contributed by atoms with Gasteiger partial charge in [0.1, 0.15) is 17.3 Å². The van der Waals surface area contributed by atoms with Crippen molar-refractivity contribution in [3.05, 3.63) is 53.8 Å². The zero-order valence-electron chi connectivity index (χ0n) is 10.9. The molecule has 2 rings (SSSR count). The molecule has 1 unspecified atom stereocenters. The van der Waals surface area contributed by atoms with Gasteiger partial charge in [-0.25, -0.2) is 4.39 Å². The molecule has 0 saturated carbocycles. The molecule has 3 nitrogen and oxygen atoms in total. The van der Waals surface area contributed by atoms with E-state index in [2.05, 4.69) is 5.32 Å². The van der Waals surface area contributed by atoms with E-state index in [1.165, 1.54) is 13.2 Å². The Labute approximate surface area is 111 Å². The third-order valence-corrected chi connectivity index (χ3v) is 2.92. The van der Waals surface area contributed by atoms with Gasteiger partial charge in [0.15, 0.2) is 0 Å². The van der Waals surface area contributed by atoms with E-state index in [1.807, 2.05) is 6.92 Å². The Kier molecular flexibility index (Phi) is 3.90. The summed E-state index contributed by atoms with van der Waals surface area (Å²) in [5.74, 6) is 0.394. The smallest absolute Gasteiger partial charge is 0.132 e. The number of hydrogen-bond acceptors (Lipinski definition) is 3. The first-order chi connectivity index (χ1) is 9.10. The summed E-state index contributed by atoms with van der Waals surface area (Å²) in [5.41, 5.74) is 1.38. The number of anilines is 1. The molecule has 4 heteroatoms. The predicted octanol–water partition coefficient (Wildman–Crippen LogP) is 3.71. The number of phenolic OH excluding ortho intramolecular Hbond substituents is 1. The fourth-order valence-electron chi connectivity index (χ4n) is 1.87. The molecule has 0 aliphatic carbocycles. The summed E-state index contributed by atoms with van der Waals surface area (Å²) in [5, 5.41) is 12.4. The van der Waals surface area contributed by atoms with E-state index in [0.717, 1.165) is 5.69 Å². The van der Waals surface area contributed by atoms with Gasteiger partial charge in [-0.3, -0.25) is 0 Å². The summed E-state index contributed by atoms with van der Waals surface area (Å²) in [6.07, 6.45) is 0. The Morgan fingerprint density at radius 2 is 1.84 bits per heavy atom. The molecular weight excluding hydrogens is 245 g/mol. The van der Waals surface area contributed by atoms with E-state index in [9.17, 15) is 9.50 Å². The highest BCUT2D eigenvalue weighted by Crippen LogP contribution is 2.25. The average Bonchev–Trinajstić information content (AvgIpc) is 2.41. The Morgan fingerprint density at radius 1 is 1.16 bits per heavy atom. The molecule has 0 saturated heterocycles. The van der Waals surface area contributed by atoms with Crippen LogP contribution in [-0.4, -0.2) is 12.2 Å². The highest BCUT2D eigenvalue weighted by atomic mass is 19.1. The minimum absolute atomic E-state index is 0.185. The lowest BCUT2D eigenvalue weighted by molar-refractivity contribution is 0.410. The van der Waals surface area contributed by atoms with Gasteiger partial charge in [-0.2, -0.15) is 0 Å². The number of benzene rings is 2.